The first kappa shape index (κ1) is 10.9. The fourth-order valence-corrected chi connectivity index (χ4v) is 2.62. The van der Waals surface area contributed by atoms with Crippen molar-refractivity contribution in [3.05, 3.63) is 0 Å². The Hall–Kier alpha value is -0.610. The molecule has 1 aliphatic carbocycles. The normalized spacial score (nSPS) is 31.9. The molecule has 2 fully saturated rings. The van der Waals surface area contributed by atoms with E-state index in [0.717, 1.165) is 32.2 Å². The molecule has 0 aromatic carbocycles. The van der Waals surface area contributed by atoms with E-state index in [1.165, 1.54) is 6.42 Å². The molecule has 4 heteroatoms. The average Bonchev–Trinajstić information content (AvgIpc) is 2.81. The molecule has 2 atom stereocenters. The zero-order valence-electron chi connectivity index (χ0n) is 9.15. The summed E-state index contributed by atoms with van der Waals surface area (Å²) in [6, 6.07) is 0. The quantitative estimate of drug-likeness (QED) is 0.740. The molecule has 2 unspecified atom stereocenters. The number of nitrogens with two attached hydrogens (primary N) is 1. The lowest BCUT2D eigenvalue weighted by Crippen LogP contribution is -2.40. The lowest BCUT2D eigenvalue weighted by Gasteiger charge is -2.31. The van der Waals surface area contributed by atoms with Gasteiger partial charge in [-0.2, -0.15) is 0 Å². The van der Waals surface area contributed by atoms with Gasteiger partial charge in [0.2, 0.25) is 5.91 Å². The zero-order valence-corrected chi connectivity index (χ0v) is 9.15. The van der Waals surface area contributed by atoms with E-state index in [-0.39, 0.29) is 11.8 Å². The number of amides is 1. The van der Waals surface area contributed by atoms with Crippen molar-refractivity contribution in [1.29, 1.82) is 0 Å². The first-order valence-corrected chi connectivity index (χ1v) is 5.97. The molecule has 1 saturated carbocycles. The molecule has 0 spiro atoms. The highest BCUT2D eigenvalue weighted by Crippen LogP contribution is 2.31. The van der Waals surface area contributed by atoms with Crippen LogP contribution < -0.4 is 5.73 Å². The molecular formula is C11H20N2O2. The first-order valence-electron chi connectivity index (χ1n) is 5.97. The van der Waals surface area contributed by atoms with E-state index >= 15 is 0 Å². The molecule has 0 aromatic rings. The predicted molar refractivity (Wildman–Crippen MR) is 56.8 cm³/mol. The van der Waals surface area contributed by atoms with Gasteiger partial charge in [-0.15, -0.1) is 0 Å². The van der Waals surface area contributed by atoms with Crippen LogP contribution in [-0.4, -0.2) is 30.7 Å². The number of hydrogen-bond acceptors (Lipinski definition) is 3. The molecular weight excluding hydrogens is 192 g/mol. The molecule has 0 radical (unpaired) electrons. The second kappa shape index (κ2) is 4.94. The highest BCUT2D eigenvalue weighted by atomic mass is 16.7. The summed E-state index contributed by atoms with van der Waals surface area (Å²) in [6.45, 7) is 2.07. The lowest BCUT2D eigenvalue weighted by molar-refractivity contribution is -0.176. The number of rotatable bonds is 2. The van der Waals surface area contributed by atoms with Crippen LogP contribution in [0.25, 0.3) is 0 Å². The standard InChI is InChI=1S/C11H20N2O2/c12-8-9-4-1-2-5-10(9)11(14)13-6-3-7-15-13/h9-10H,1-8,12H2. The van der Waals surface area contributed by atoms with E-state index in [4.69, 9.17) is 10.6 Å². The van der Waals surface area contributed by atoms with E-state index in [2.05, 4.69) is 0 Å². The molecule has 0 aromatic heterocycles. The Labute approximate surface area is 90.7 Å². The van der Waals surface area contributed by atoms with Crippen molar-refractivity contribution in [2.24, 2.45) is 17.6 Å². The van der Waals surface area contributed by atoms with Crippen LogP contribution in [0.3, 0.4) is 0 Å². The Morgan fingerprint density at radius 3 is 2.80 bits per heavy atom. The Balaban J connectivity index is 1.96. The first-order chi connectivity index (χ1) is 7.33. The summed E-state index contributed by atoms with van der Waals surface area (Å²) in [5.74, 6) is 0.653. The van der Waals surface area contributed by atoms with Gasteiger partial charge < -0.3 is 5.73 Å². The number of carbonyl (C=O) groups excluding carboxylic acids is 1. The summed E-state index contributed by atoms with van der Waals surface area (Å²) in [4.78, 5) is 17.4. The summed E-state index contributed by atoms with van der Waals surface area (Å²) >= 11 is 0. The van der Waals surface area contributed by atoms with E-state index in [9.17, 15) is 4.79 Å². The van der Waals surface area contributed by atoms with Crippen LogP contribution in [0, 0.1) is 11.8 Å². The third-order valence-corrected chi connectivity index (χ3v) is 3.53. The maximum atomic E-state index is 12.1. The molecule has 1 aliphatic heterocycles. The molecule has 86 valence electrons. The van der Waals surface area contributed by atoms with Gasteiger partial charge in [-0.1, -0.05) is 12.8 Å². The molecule has 0 bridgehead atoms. The van der Waals surface area contributed by atoms with Gasteiger partial charge in [0.25, 0.3) is 0 Å². The highest BCUT2D eigenvalue weighted by Gasteiger charge is 2.34. The molecule has 4 nitrogen and oxygen atoms in total. The maximum absolute atomic E-state index is 12.1. The van der Waals surface area contributed by atoms with Crippen molar-refractivity contribution in [1.82, 2.24) is 5.06 Å². The molecule has 15 heavy (non-hydrogen) atoms. The summed E-state index contributed by atoms with van der Waals surface area (Å²) in [7, 11) is 0. The van der Waals surface area contributed by atoms with E-state index in [1.54, 1.807) is 5.06 Å². The van der Waals surface area contributed by atoms with Crippen molar-refractivity contribution in [2.45, 2.75) is 32.1 Å². The number of nitrogens with zero attached hydrogens (tertiary/aromatic N) is 1. The van der Waals surface area contributed by atoms with Crippen molar-refractivity contribution < 1.29 is 9.63 Å². The van der Waals surface area contributed by atoms with Gasteiger partial charge >= 0.3 is 0 Å². The Morgan fingerprint density at radius 2 is 2.13 bits per heavy atom. The minimum Gasteiger partial charge on any atom is -0.330 e. The predicted octanol–water partition coefficient (Wildman–Crippen LogP) is 0.915. The molecule has 2 aliphatic rings. The minimum absolute atomic E-state index is 0.113. The fourth-order valence-electron chi connectivity index (χ4n) is 2.62. The molecule has 1 heterocycles. The summed E-state index contributed by atoms with van der Waals surface area (Å²) < 4.78 is 0. The Morgan fingerprint density at radius 1 is 1.33 bits per heavy atom. The van der Waals surface area contributed by atoms with Crippen LogP contribution in [0.1, 0.15) is 32.1 Å². The third-order valence-electron chi connectivity index (χ3n) is 3.53. The summed E-state index contributed by atoms with van der Waals surface area (Å²) in [6.07, 6.45) is 5.42. The average molecular weight is 212 g/mol. The third kappa shape index (κ3) is 2.32. The van der Waals surface area contributed by atoms with Gasteiger partial charge in [0, 0.05) is 5.92 Å². The van der Waals surface area contributed by atoms with Gasteiger partial charge in [-0.05, 0) is 31.7 Å². The van der Waals surface area contributed by atoms with E-state index < -0.39 is 0 Å². The summed E-state index contributed by atoms with van der Waals surface area (Å²) in [5, 5.41) is 1.55. The van der Waals surface area contributed by atoms with Gasteiger partial charge in [0.05, 0.1) is 13.2 Å². The fraction of sp³-hybridized carbons (Fsp3) is 0.909. The van der Waals surface area contributed by atoms with Gasteiger partial charge in [-0.3, -0.25) is 9.63 Å². The minimum atomic E-state index is 0.113. The number of hydrogen-bond donors (Lipinski definition) is 1. The van der Waals surface area contributed by atoms with Crippen LogP contribution in [0.4, 0.5) is 0 Å². The van der Waals surface area contributed by atoms with Crippen LogP contribution in [0.15, 0.2) is 0 Å². The monoisotopic (exact) mass is 212 g/mol. The van der Waals surface area contributed by atoms with Gasteiger partial charge in [0.15, 0.2) is 0 Å². The van der Waals surface area contributed by atoms with Gasteiger partial charge in [0.1, 0.15) is 0 Å². The second-order valence-corrected chi connectivity index (χ2v) is 4.51. The van der Waals surface area contributed by atoms with Gasteiger partial charge in [-0.25, -0.2) is 5.06 Å². The summed E-state index contributed by atoms with van der Waals surface area (Å²) in [5.41, 5.74) is 5.72. The number of carbonyl (C=O) groups is 1. The number of hydroxylamine groups is 2. The van der Waals surface area contributed by atoms with Crippen molar-refractivity contribution in [3.8, 4) is 0 Å². The molecule has 1 saturated heterocycles. The van der Waals surface area contributed by atoms with Crippen molar-refractivity contribution >= 4 is 5.91 Å². The Bertz CT molecular complexity index is 227. The smallest absolute Gasteiger partial charge is 0.249 e. The van der Waals surface area contributed by atoms with Crippen LogP contribution in [0.5, 0.6) is 0 Å². The molecule has 2 rings (SSSR count). The van der Waals surface area contributed by atoms with Crippen LogP contribution >= 0.6 is 0 Å². The molecule has 2 N–H and O–H groups in total. The van der Waals surface area contributed by atoms with Crippen molar-refractivity contribution in [3.63, 3.8) is 0 Å². The maximum Gasteiger partial charge on any atom is 0.249 e. The van der Waals surface area contributed by atoms with E-state index in [0.29, 0.717) is 19.1 Å². The van der Waals surface area contributed by atoms with Crippen molar-refractivity contribution in [2.75, 3.05) is 19.7 Å². The SMILES string of the molecule is NCC1CCCCC1C(=O)N1CCCO1. The Kier molecular flexibility index (Phi) is 3.59. The topological polar surface area (TPSA) is 55.6 Å². The second-order valence-electron chi connectivity index (χ2n) is 4.51. The lowest BCUT2D eigenvalue weighted by atomic mass is 9.78. The zero-order chi connectivity index (χ0) is 10.7. The largest absolute Gasteiger partial charge is 0.330 e. The molecule has 1 amide bonds. The van der Waals surface area contributed by atoms with Crippen LogP contribution in [0.2, 0.25) is 0 Å². The van der Waals surface area contributed by atoms with Crippen LogP contribution in [-0.2, 0) is 9.63 Å². The van der Waals surface area contributed by atoms with E-state index in [1.807, 2.05) is 0 Å². The highest BCUT2D eigenvalue weighted by molar-refractivity contribution is 5.78.